The third kappa shape index (κ3) is 3.98. The maximum Gasteiger partial charge on any atom is 0.271 e. The topological polar surface area (TPSA) is 79.1 Å². The Bertz CT molecular complexity index is 1450. The van der Waals surface area contributed by atoms with E-state index in [-0.39, 0.29) is 11.3 Å². The lowest BCUT2D eigenvalue weighted by molar-refractivity contribution is -0.114. The van der Waals surface area contributed by atoms with Gasteiger partial charge in [0.05, 0.1) is 31.9 Å². The van der Waals surface area contributed by atoms with Crippen LogP contribution in [0.25, 0.3) is 6.08 Å². The van der Waals surface area contributed by atoms with E-state index >= 15 is 0 Å². The van der Waals surface area contributed by atoms with Gasteiger partial charge in [-0.05, 0) is 38.1 Å². The van der Waals surface area contributed by atoms with Gasteiger partial charge >= 0.3 is 0 Å². The van der Waals surface area contributed by atoms with Crippen molar-refractivity contribution < 1.29 is 19.0 Å². The van der Waals surface area contributed by atoms with Gasteiger partial charge in [-0.2, -0.15) is 0 Å². The van der Waals surface area contributed by atoms with E-state index in [0.29, 0.717) is 43.4 Å². The zero-order valence-corrected chi connectivity index (χ0v) is 19.9. The molecule has 8 heteroatoms. The van der Waals surface area contributed by atoms with Crippen LogP contribution >= 0.6 is 11.3 Å². The minimum atomic E-state index is -0.667. The first-order valence-electron chi connectivity index (χ1n) is 10.3. The van der Waals surface area contributed by atoms with Crippen molar-refractivity contribution in [1.82, 2.24) is 4.57 Å². The fourth-order valence-corrected chi connectivity index (χ4v) is 5.07. The quantitative estimate of drug-likeness (QED) is 0.561. The van der Waals surface area contributed by atoms with Crippen LogP contribution in [0.2, 0.25) is 0 Å². The summed E-state index contributed by atoms with van der Waals surface area (Å²) in [5.74, 6) is 1.65. The van der Waals surface area contributed by atoms with Crippen molar-refractivity contribution in [1.29, 1.82) is 0 Å². The summed E-state index contributed by atoms with van der Waals surface area (Å²) in [6.45, 7) is 3.28. The van der Waals surface area contributed by atoms with Crippen LogP contribution in [0.15, 0.2) is 63.5 Å². The van der Waals surface area contributed by atoms with Gasteiger partial charge in [0, 0.05) is 28.5 Å². The van der Waals surface area contributed by atoms with E-state index < -0.39 is 6.04 Å². The second-order valence-electron chi connectivity index (χ2n) is 7.49. The number of nitrogens with zero attached hydrogens (tertiary/aromatic N) is 2. The van der Waals surface area contributed by atoms with Gasteiger partial charge < -0.3 is 14.2 Å². The van der Waals surface area contributed by atoms with Gasteiger partial charge in [-0.15, -0.1) is 0 Å². The van der Waals surface area contributed by atoms with Gasteiger partial charge in [-0.25, -0.2) is 4.99 Å². The third-order valence-corrected chi connectivity index (χ3v) is 6.54. The number of thiazole rings is 1. The average Bonchev–Trinajstić information content (AvgIpc) is 3.12. The number of carbonyl (C=O) groups excluding carboxylic acids is 1. The zero-order valence-electron chi connectivity index (χ0n) is 19.0. The van der Waals surface area contributed by atoms with E-state index in [0.717, 1.165) is 5.56 Å². The Balaban J connectivity index is 2.01. The second kappa shape index (κ2) is 9.07. The molecule has 170 valence electrons. The molecule has 0 amide bonds. The Morgan fingerprint density at radius 2 is 1.79 bits per heavy atom. The van der Waals surface area contributed by atoms with Gasteiger partial charge in [0.15, 0.2) is 10.6 Å². The minimum absolute atomic E-state index is 0.155. The molecule has 0 aliphatic carbocycles. The molecule has 0 bridgehead atoms. The molecule has 0 fully saturated rings. The molecule has 2 heterocycles. The highest BCUT2D eigenvalue weighted by molar-refractivity contribution is 7.07. The molecule has 1 aromatic heterocycles. The molecule has 0 spiro atoms. The van der Waals surface area contributed by atoms with Gasteiger partial charge in [0.2, 0.25) is 0 Å². The van der Waals surface area contributed by atoms with Crippen molar-refractivity contribution in [3.8, 4) is 17.2 Å². The van der Waals surface area contributed by atoms with Crippen LogP contribution < -0.4 is 29.1 Å². The Labute approximate surface area is 194 Å². The lowest BCUT2D eigenvalue weighted by Gasteiger charge is -2.26. The number of aromatic nitrogens is 1. The number of carbonyl (C=O) groups is 1. The first kappa shape index (κ1) is 22.5. The molecule has 0 saturated heterocycles. The summed E-state index contributed by atoms with van der Waals surface area (Å²) >= 11 is 1.27. The second-order valence-corrected chi connectivity index (χ2v) is 8.50. The van der Waals surface area contributed by atoms with Crippen molar-refractivity contribution in [3.63, 3.8) is 0 Å². The van der Waals surface area contributed by atoms with Crippen molar-refractivity contribution in [2.45, 2.75) is 19.9 Å². The molecule has 1 atom stereocenters. The summed E-state index contributed by atoms with van der Waals surface area (Å²) in [5, 5.41) is 0. The van der Waals surface area contributed by atoms with Crippen LogP contribution in [-0.4, -0.2) is 31.7 Å². The third-order valence-electron chi connectivity index (χ3n) is 5.56. The standard InChI is InChI=1S/C25H24N2O5S/c1-14-22(15(2)28)23(18-11-10-17(30-3)13-20(18)32-5)27-24(29)21(33-25(27)26-14)12-16-8-6-7-9-19(16)31-4/h6-13,23H,1-5H3/b21-12-/t23-/m1/s1. The van der Waals surface area contributed by atoms with Crippen LogP contribution in [0, 0.1) is 0 Å². The fourth-order valence-electron chi connectivity index (χ4n) is 4.04. The zero-order chi connectivity index (χ0) is 23.7. The normalized spacial score (nSPS) is 15.7. The van der Waals surface area contributed by atoms with Crippen LogP contribution in [0.3, 0.4) is 0 Å². The first-order chi connectivity index (χ1) is 15.9. The highest BCUT2D eigenvalue weighted by Gasteiger charge is 2.32. The highest BCUT2D eigenvalue weighted by Crippen LogP contribution is 2.37. The van der Waals surface area contributed by atoms with Crippen molar-refractivity contribution >= 4 is 23.2 Å². The van der Waals surface area contributed by atoms with E-state index in [1.165, 1.54) is 18.3 Å². The average molecular weight is 465 g/mol. The summed E-state index contributed by atoms with van der Waals surface area (Å²) in [6.07, 6.45) is 1.79. The Hall–Kier alpha value is -3.65. The molecule has 1 aliphatic heterocycles. The number of ether oxygens (including phenoxy) is 3. The number of allylic oxidation sites excluding steroid dienone is 2. The molecule has 0 saturated carbocycles. The number of rotatable bonds is 6. The SMILES string of the molecule is COc1ccc([C@@H]2C(C(C)=O)=C(C)N=c3s/c(=C\c4ccccc4OC)c(=O)n32)c(OC)c1. The molecular formula is C25H24N2O5S. The maximum atomic E-state index is 13.6. The molecule has 3 aromatic rings. The lowest BCUT2D eigenvalue weighted by Crippen LogP contribution is -2.39. The first-order valence-corrected chi connectivity index (χ1v) is 11.1. The predicted octanol–water partition coefficient (Wildman–Crippen LogP) is 2.85. The number of methoxy groups -OCH3 is 3. The molecule has 7 nitrogen and oxygen atoms in total. The molecule has 0 N–H and O–H groups in total. The van der Waals surface area contributed by atoms with Gasteiger partial charge in [-0.3, -0.25) is 14.2 Å². The van der Waals surface area contributed by atoms with Gasteiger partial charge in [0.1, 0.15) is 17.2 Å². The monoisotopic (exact) mass is 464 g/mol. The van der Waals surface area contributed by atoms with E-state index in [2.05, 4.69) is 4.99 Å². The van der Waals surface area contributed by atoms with Crippen molar-refractivity contribution in [3.05, 3.63) is 84.5 Å². The summed E-state index contributed by atoms with van der Waals surface area (Å²) in [6, 6.07) is 12.2. The van der Waals surface area contributed by atoms with Crippen LogP contribution in [0.4, 0.5) is 0 Å². The number of Topliss-reactive ketones (excluding diaryl/α,β-unsaturated/α-hetero) is 1. The summed E-state index contributed by atoms with van der Waals surface area (Å²) in [4.78, 5) is 31.5. The van der Waals surface area contributed by atoms with E-state index in [1.54, 1.807) is 51.0 Å². The van der Waals surface area contributed by atoms with Crippen LogP contribution in [-0.2, 0) is 4.79 Å². The molecule has 4 rings (SSSR count). The van der Waals surface area contributed by atoms with Crippen molar-refractivity contribution in [2.24, 2.45) is 4.99 Å². The highest BCUT2D eigenvalue weighted by atomic mass is 32.1. The number of para-hydroxylation sites is 1. The molecular weight excluding hydrogens is 440 g/mol. The molecule has 2 aromatic carbocycles. The number of fused-ring (bicyclic) bond motifs is 1. The van der Waals surface area contributed by atoms with E-state index in [4.69, 9.17) is 14.2 Å². The van der Waals surface area contributed by atoms with Crippen LogP contribution in [0.5, 0.6) is 17.2 Å². The summed E-state index contributed by atoms with van der Waals surface area (Å²) < 4.78 is 18.4. The predicted molar refractivity (Wildman–Crippen MR) is 127 cm³/mol. The molecule has 33 heavy (non-hydrogen) atoms. The fraction of sp³-hybridized carbons (Fsp3) is 0.240. The Morgan fingerprint density at radius 3 is 2.45 bits per heavy atom. The lowest BCUT2D eigenvalue weighted by atomic mass is 9.92. The Morgan fingerprint density at radius 1 is 1.06 bits per heavy atom. The number of benzene rings is 2. The van der Waals surface area contributed by atoms with Crippen molar-refractivity contribution in [2.75, 3.05) is 21.3 Å². The summed E-state index contributed by atoms with van der Waals surface area (Å²) in [7, 11) is 4.71. The minimum Gasteiger partial charge on any atom is -0.497 e. The van der Waals surface area contributed by atoms with E-state index in [9.17, 15) is 9.59 Å². The smallest absolute Gasteiger partial charge is 0.271 e. The summed E-state index contributed by atoms with van der Waals surface area (Å²) in [5.41, 5.74) is 2.26. The molecule has 0 radical (unpaired) electrons. The molecule has 0 unspecified atom stereocenters. The number of ketones is 1. The van der Waals surface area contributed by atoms with Gasteiger partial charge in [-0.1, -0.05) is 29.5 Å². The van der Waals surface area contributed by atoms with Gasteiger partial charge in [0.25, 0.3) is 5.56 Å². The number of hydrogen-bond donors (Lipinski definition) is 0. The van der Waals surface area contributed by atoms with Crippen LogP contribution in [0.1, 0.15) is 31.0 Å². The maximum absolute atomic E-state index is 13.6. The Kier molecular flexibility index (Phi) is 6.20. The molecule has 1 aliphatic rings. The van der Waals surface area contributed by atoms with E-state index in [1.807, 2.05) is 30.3 Å². The number of hydrogen-bond acceptors (Lipinski definition) is 7. The largest absolute Gasteiger partial charge is 0.497 e.